The monoisotopic (exact) mass is 469 g/mol. The van der Waals surface area contributed by atoms with Crippen molar-refractivity contribution in [1.29, 1.82) is 0 Å². The minimum Gasteiger partial charge on any atom is -0.497 e. The smallest absolute Gasteiger partial charge is 0.332 e. The van der Waals surface area contributed by atoms with Crippen LogP contribution in [0.1, 0.15) is 11.1 Å². The first-order valence-corrected chi connectivity index (χ1v) is 11.1. The number of hydrogen-bond donors (Lipinski definition) is 1. The second kappa shape index (κ2) is 9.42. The van der Waals surface area contributed by atoms with Gasteiger partial charge in [0.15, 0.2) is 0 Å². The highest BCUT2D eigenvalue weighted by Crippen LogP contribution is 2.17. The lowest BCUT2D eigenvalue weighted by molar-refractivity contribution is -0.121. The maximum atomic E-state index is 13.2. The summed E-state index contributed by atoms with van der Waals surface area (Å²) in [6.45, 7) is 0.0995. The molecule has 2 aromatic carbocycles. The number of nitrogens with one attached hydrogen (secondary N) is 1. The summed E-state index contributed by atoms with van der Waals surface area (Å²) in [5, 5.41) is 5.08. The van der Waals surface area contributed by atoms with Crippen LogP contribution in [0.2, 0.25) is 5.02 Å². The molecule has 2 heterocycles. The first-order valence-electron chi connectivity index (χ1n) is 9.82. The highest BCUT2D eigenvalue weighted by Gasteiger charge is 2.17. The maximum absolute atomic E-state index is 13.2. The maximum Gasteiger partial charge on any atom is 0.332 e. The van der Waals surface area contributed by atoms with Crippen LogP contribution < -0.4 is 21.3 Å². The predicted octanol–water partition coefficient (Wildman–Crippen LogP) is 3.25. The van der Waals surface area contributed by atoms with E-state index in [1.807, 2.05) is 24.3 Å². The van der Waals surface area contributed by atoms with Crippen LogP contribution in [0.25, 0.3) is 10.2 Å². The Kier molecular flexibility index (Phi) is 6.43. The summed E-state index contributed by atoms with van der Waals surface area (Å²) in [5.74, 6) is 0.276. The van der Waals surface area contributed by atoms with E-state index in [2.05, 4.69) is 5.32 Å². The second-order valence-electron chi connectivity index (χ2n) is 7.11. The van der Waals surface area contributed by atoms with E-state index < -0.39 is 5.69 Å². The molecule has 0 spiro atoms. The molecule has 0 saturated carbocycles. The Hall–Kier alpha value is -3.36. The molecule has 4 aromatic rings. The number of hydrogen-bond acceptors (Lipinski definition) is 5. The molecule has 32 heavy (non-hydrogen) atoms. The third-order valence-corrected chi connectivity index (χ3v) is 6.31. The zero-order chi connectivity index (χ0) is 22.7. The molecule has 0 aliphatic heterocycles. The topological polar surface area (TPSA) is 82.3 Å². The molecule has 0 radical (unpaired) electrons. The normalized spacial score (nSPS) is 10.9. The Bertz CT molecular complexity index is 1410. The van der Waals surface area contributed by atoms with Gasteiger partial charge < -0.3 is 10.1 Å². The molecule has 7 nitrogen and oxygen atoms in total. The third-order valence-electron chi connectivity index (χ3n) is 5.05. The van der Waals surface area contributed by atoms with Crippen LogP contribution in [0.5, 0.6) is 5.75 Å². The Balaban J connectivity index is 1.64. The van der Waals surface area contributed by atoms with Gasteiger partial charge in [-0.25, -0.2) is 4.79 Å². The van der Waals surface area contributed by atoms with E-state index in [9.17, 15) is 14.4 Å². The van der Waals surface area contributed by atoms with E-state index in [0.717, 1.165) is 15.7 Å². The summed E-state index contributed by atoms with van der Waals surface area (Å²) >= 11 is 7.38. The summed E-state index contributed by atoms with van der Waals surface area (Å²) in [6, 6.07) is 16.1. The first-order chi connectivity index (χ1) is 15.5. The molecule has 164 valence electrons. The standard InChI is InChI=1S/C23H20ClN3O4S/c1-31-17-7-4-5-15(11-17)13-27-22(29)21-19(9-10-32-21)26(23(27)30)14-20(28)25-12-16-6-2-3-8-18(16)24/h2-11H,12-14H2,1H3,(H,25,28). The number of nitrogens with zero attached hydrogens (tertiary/aromatic N) is 2. The van der Waals surface area contributed by atoms with Crippen molar-refractivity contribution in [3.8, 4) is 5.75 Å². The number of fused-ring (bicyclic) bond motifs is 1. The van der Waals surface area contributed by atoms with Gasteiger partial charge in [-0.05, 0) is 40.8 Å². The fourth-order valence-corrected chi connectivity index (χ4v) is 4.46. The minimum absolute atomic E-state index is 0.0734. The van der Waals surface area contributed by atoms with Crippen molar-refractivity contribution in [1.82, 2.24) is 14.5 Å². The Morgan fingerprint density at radius 2 is 1.91 bits per heavy atom. The number of thiophene rings is 1. The molecule has 9 heteroatoms. The van der Waals surface area contributed by atoms with Crippen molar-refractivity contribution in [2.24, 2.45) is 0 Å². The van der Waals surface area contributed by atoms with Gasteiger partial charge in [0.05, 0.1) is 19.2 Å². The molecule has 1 N–H and O–H groups in total. The van der Waals surface area contributed by atoms with Crippen molar-refractivity contribution in [3.63, 3.8) is 0 Å². The Morgan fingerprint density at radius 1 is 1.09 bits per heavy atom. The van der Waals surface area contributed by atoms with Gasteiger partial charge in [0, 0.05) is 11.6 Å². The van der Waals surface area contributed by atoms with E-state index >= 15 is 0 Å². The molecule has 0 unspecified atom stereocenters. The van der Waals surface area contributed by atoms with E-state index in [0.29, 0.717) is 21.0 Å². The number of methoxy groups -OCH3 is 1. The summed E-state index contributed by atoms with van der Waals surface area (Å²) in [7, 11) is 1.55. The van der Waals surface area contributed by atoms with Crippen molar-refractivity contribution >= 4 is 39.1 Å². The van der Waals surface area contributed by atoms with Gasteiger partial charge in [0.25, 0.3) is 5.56 Å². The van der Waals surface area contributed by atoms with Crippen LogP contribution in [0.3, 0.4) is 0 Å². The molecule has 1 amide bonds. The van der Waals surface area contributed by atoms with Gasteiger partial charge in [-0.1, -0.05) is 41.9 Å². The molecule has 0 bridgehead atoms. The van der Waals surface area contributed by atoms with Crippen LogP contribution in [-0.4, -0.2) is 22.2 Å². The van der Waals surface area contributed by atoms with Crippen LogP contribution in [0.15, 0.2) is 69.6 Å². The molecular weight excluding hydrogens is 450 g/mol. The SMILES string of the molecule is COc1cccc(Cn2c(=O)c3sccc3n(CC(=O)NCc3ccccc3Cl)c2=O)c1. The zero-order valence-electron chi connectivity index (χ0n) is 17.2. The molecule has 0 aliphatic rings. The second-order valence-corrected chi connectivity index (χ2v) is 8.44. The number of halogens is 1. The number of benzene rings is 2. The van der Waals surface area contributed by atoms with Crippen LogP contribution in [-0.2, 0) is 24.4 Å². The molecule has 0 aliphatic carbocycles. The lowest BCUT2D eigenvalue weighted by Crippen LogP contribution is -2.42. The van der Waals surface area contributed by atoms with E-state index in [4.69, 9.17) is 16.3 Å². The minimum atomic E-state index is -0.545. The predicted molar refractivity (Wildman–Crippen MR) is 126 cm³/mol. The Labute approximate surface area is 192 Å². The summed E-state index contributed by atoms with van der Waals surface area (Å²) in [5.41, 5.74) is 1.04. The fourth-order valence-electron chi connectivity index (χ4n) is 3.41. The van der Waals surface area contributed by atoms with Crippen LogP contribution >= 0.6 is 22.9 Å². The highest BCUT2D eigenvalue weighted by atomic mass is 35.5. The van der Waals surface area contributed by atoms with Crippen molar-refractivity contribution < 1.29 is 9.53 Å². The third kappa shape index (κ3) is 4.46. The number of ether oxygens (including phenoxy) is 1. The lowest BCUT2D eigenvalue weighted by Gasteiger charge is -2.13. The van der Waals surface area contributed by atoms with Crippen molar-refractivity contribution in [3.05, 3.63) is 97.0 Å². The summed E-state index contributed by atoms with van der Waals surface area (Å²) in [4.78, 5) is 38.8. The molecule has 0 atom stereocenters. The van der Waals surface area contributed by atoms with E-state index in [-0.39, 0.29) is 31.1 Å². The van der Waals surface area contributed by atoms with Crippen molar-refractivity contribution in [2.75, 3.05) is 7.11 Å². The number of aromatic nitrogens is 2. The first kappa shape index (κ1) is 21.9. The van der Waals surface area contributed by atoms with Gasteiger partial charge in [0.2, 0.25) is 5.91 Å². The Morgan fingerprint density at radius 3 is 2.69 bits per heavy atom. The van der Waals surface area contributed by atoms with Gasteiger partial charge in [-0.3, -0.25) is 18.7 Å². The molecule has 0 fully saturated rings. The number of rotatable bonds is 7. The van der Waals surface area contributed by atoms with Crippen LogP contribution in [0.4, 0.5) is 0 Å². The van der Waals surface area contributed by atoms with Crippen LogP contribution in [0, 0.1) is 0 Å². The summed E-state index contributed by atoms with van der Waals surface area (Å²) in [6.07, 6.45) is 0. The zero-order valence-corrected chi connectivity index (χ0v) is 18.8. The highest BCUT2D eigenvalue weighted by molar-refractivity contribution is 7.17. The average molecular weight is 470 g/mol. The summed E-state index contributed by atoms with van der Waals surface area (Å²) < 4.78 is 8.13. The fraction of sp³-hybridized carbons (Fsp3) is 0.174. The van der Waals surface area contributed by atoms with Gasteiger partial charge in [-0.2, -0.15) is 0 Å². The van der Waals surface area contributed by atoms with Crippen molar-refractivity contribution in [2.45, 2.75) is 19.6 Å². The molecule has 4 rings (SSSR count). The molecule has 2 aromatic heterocycles. The van der Waals surface area contributed by atoms with E-state index in [1.54, 1.807) is 42.8 Å². The molecular formula is C23H20ClN3O4S. The molecule has 0 saturated heterocycles. The lowest BCUT2D eigenvalue weighted by atomic mass is 10.2. The number of carbonyl (C=O) groups is 1. The van der Waals surface area contributed by atoms with E-state index in [1.165, 1.54) is 15.9 Å². The number of carbonyl (C=O) groups excluding carboxylic acids is 1. The quantitative estimate of drug-likeness (QED) is 0.450. The average Bonchev–Trinajstić information content (AvgIpc) is 3.29. The largest absolute Gasteiger partial charge is 0.497 e. The van der Waals surface area contributed by atoms with Gasteiger partial charge in [-0.15, -0.1) is 11.3 Å². The number of amides is 1. The van der Waals surface area contributed by atoms with Gasteiger partial charge >= 0.3 is 5.69 Å². The van der Waals surface area contributed by atoms with Gasteiger partial charge in [0.1, 0.15) is 17.0 Å².